The maximum Gasteiger partial charge on any atom is 0.347 e. The molecule has 7 nitrogen and oxygen atoms in total. The highest BCUT2D eigenvalue weighted by Gasteiger charge is 2.46. The van der Waals surface area contributed by atoms with Gasteiger partial charge in [0.15, 0.2) is 11.6 Å². The predicted octanol–water partition coefficient (Wildman–Crippen LogP) is 9.33. The molecule has 0 fully saturated rings. The lowest BCUT2D eigenvalue weighted by Gasteiger charge is -2.34. The molecule has 0 radical (unpaired) electrons. The molecule has 0 spiro atoms. The van der Waals surface area contributed by atoms with E-state index in [1.807, 2.05) is 26.0 Å². The van der Waals surface area contributed by atoms with Gasteiger partial charge in [-0.3, -0.25) is 9.59 Å². The number of aryl methyl sites for hydroxylation is 2. The molecule has 1 aliphatic heterocycles. The van der Waals surface area contributed by atoms with E-state index in [1.54, 1.807) is 30.3 Å². The fourth-order valence-electron chi connectivity index (χ4n) is 7.80. The minimum atomic E-state index is -0.683. The van der Waals surface area contributed by atoms with Gasteiger partial charge in [0, 0.05) is 11.1 Å². The van der Waals surface area contributed by atoms with Gasteiger partial charge in [0.25, 0.3) is 0 Å². The quantitative estimate of drug-likeness (QED) is 0.129. The number of esters is 2. The van der Waals surface area contributed by atoms with E-state index in [1.165, 1.54) is 6.07 Å². The van der Waals surface area contributed by atoms with E-state index < -0.39 is 17.4 Å². The fourth-order valence-corrected chi connectivity index (χ4v) is 7.80. The Hall–Kier alpha value is -6.60. The minimum Gasteiger partial charge on any atom is -0.457 e. The monoisotopic (exact) mass is 668 g/mol. The maximum atomic E-state index is 12.4. The van der Waals surface area contributed by atoms with Gasteiger partial charge in [0.1, 0.15) is 23.0 Å². The number of carbonyl (C=O) groups is 4. The summed E-state index contributed by atoms with van der Waals surface area (Å²) in [5.41, 5.74) is 9.07. The van der Waals surface area contributed by atoms with Crippen molar-refractivity contribution in [1.29, 1.82) is 0 Å². The fraction of sp³-hybridized carbons (Fsp3) is 0.0909. The lowest BCUT2D eigenvalue weighted by molar-refractivity contribution is 0.0443. The van der Waals surface area contributed by atoms with Gasteiger partial charge in [-0.1, -0.05) is 72.8 Å². The molecule has 0 saturated heterocycles. The highest BCUT2D eigenvalue weighted by Crippen LogP contribution is 2.56. The molecule has 9 rings (SSSR count). The van der Waals surface area contributed by atoms with Crippen LogP contribution < -0.4 is 9.47 Å². The summed E-state index contributed by atoms with van der Waals surface area (Å²) in [6, 6.07) is 39.1. The third-order valence-electron chi connectivity index (χ3n) is 10.2. The van der Waals surface area contributed by atoms with E-state index in [-0.39, 0.29) is 29.1 Å². The summed E-state index contributed by atoms with van der Waals surface area (Å²) in [6.07, 6.45) is -0.100. The molecule has 6 aromatic rings. The van der Waals surface area contributed by atoms with E-state index in [0.717, 1.165) is 44.5 Å². The largest absolute Gasteiger partial charge is 0.457 e. The van der Waals surface area contributed by atoms with Crippen molar-refractivity contribution in [3.8, 4) is 34.1 Å². The smallest absolute Gasteiger partial charge is 0.347 e. The Balaban J connectivity index is 1.14. The zero-order valence-electron chi connectivity index (χ0n) is 27.6. The summed E-state index contributed by atoms with van der Waals surface area (Å²) in [5.74, 6) is 0.492. The van der Waals surface area contributed by atoms with Crippen LogP contribution in [-0.4, -0.2) is 23.5 Å². The molecule has 0 atom stereocenters. The number of benzene rings is 6. The van der Waals surface area contributed by atoms with E-state index in [0.29, 0.717) is 34.1 Å². The molecule has 2 aliphatic carbocycles. The van der Waals surface area contributed by atoms with Crippen LogP contribution in [0.25, 0.3) is 11.1 Å². The minimum absolute atomic E-state index is 0.100. The maximum absolute atomic E-state index is 12.4. The molecular weight excluding hydrogens is 640 g/mol. The Bertz CT molecular complexity index is 2370. The van der Waals surface area contributed by atoms with Crippen LogP contribution in [0.15, 0.2) is 121 Å². The van der Waals surface area contributed by atoms with Gasteiger partial charge >= 0.3 is 11.9 Å². The second-order valence-corrected chi connectivity index (χ2v) is 13.1. The average Bonchev–Trinajstić information content (AvgIpc) is 3.71. The first-order valence-electron chi connectivity index (χ1n) is 16.6. The van der Waals surface area contributed by atoms with Gasteiger partial charge < -0.3 is 14.2 Å². The molecule has 51 heavy (non-hydrogen) atoms. The zero-order valence-corrected chi connectivity index (χ0v) is 27.6. The Labute approximate surface area is 293 Å². The third-order valence-corrected chi connectivity index (χ3v) is 10.2. The Morgan fingerprint density at radius 2 is 0.980 bits per heavy atom. The lowest BCUT2D eigenvalue weighted by Crippen LogP contribution is -2.28. The highest BCUT2D eigenvalue weighted by atomic mass is 16.6. The molecule has 246 valence electrons. The normalized spacial score (nSPS) is 14.9. The number of ether oxygens (including phenoxy) is 3. The Kier molecular flexibility index (Phi) is 6.70. The molecule has 7 heteroatoms. The molecule has 0 bridgehead atoms. The number of rotatable bonds is 6. The number of hydrogen-bond acceptors (Lipinski definition) is 7. The Morgan fingerprint density at radius 3 is 1.55 bits per heavy atom. The summed E-state index contributed by atoms with van der Waals surface area (Å²) in [6.45, 7) is 3.99. The van der Waals surface area contributed by atoms with Gasteiger partial charge in [-0.15, -0.1) is 0 Å². The molecule has 0 amide bonds. The van der Waals surface area contributed by atoms with E-state index in [4.69, 9.17) is 14.2 Å². The van der Waals surface area contributed by atoms with Crippen molar-refractivity contribution in [1.82, 2.24) is 0 Å². The van der Waals surface area contributed by atoms with Crippen LogP contribution >= 0.6 is 0 Å². The van der Waals surface area contributed by atoms with Gasteiger partial charge in [-0.2, -0.15) is 0 Å². The zero-order chi connectivity index (χ0) is 35.0. The third kappa shape index (κ3) is 4.58. The molecule has 3 aliphatic rings. The Morgan fingerprint density at radius 1 is 0.490 bits per heavy atom. The van der Waals surface area contributed by atoms with Crippen LogP contribution in [0.4, 0.5) is 0 Å². The van der Waals surface area contributed by atoms with Gasteiger partial charge in [-0.05, 0) is 107 Å². The number of fused-ring (bicyclic) bond motifs is 5. The molecule has 0 N–H and O–H groups in total. The summed E-state index contributed by atoms with van der Waals surface area (Å²) >= 11 is 0. The van der Waals surface area contributed by atoms with Gasteiger partial charge in [-0.25, -0.2) is 9.59 Å². The van der Waals surface area contributed by atoms with Crippen molar-refractivity contribution in [3.05, 3.63) is 177 Å². The van der Waals surface area contributed by atoms with Crippen molar-refractivity contribution in [2.24, 2.45) is 0 Å². The second kappa shape index (κ2) is 11.2. The number of ketones is 2. The highest BCUT2D eigenvalue weighted by molar-refractivity contribution is 6.24. The van der Waals surface area contributed by atoms with Crippen molar-refractivity contribution in [2.45, 2.75) is 25.7 Å². The topological polar surface area (TPSA) is 96.0 Å². The van der Waals surface area contributed by atoms with Crippen LogP contribution in [0.2, 0.25) is 0 Å². The predicted molar refractivity (Wildman–Crippen MR) is 189 cm³/mol. The van der Waals surface area contributed by atoms with Crippen LogP contribution in [0, 0.1) is 13.8 Å². The van der Waals surface area contributed by atoms with E-state index in [9.17, 15) is 19.2 Å². The van der Waals surface area contributed by atoms with Crippen molar-refractivity contribution in [2.75, 3.05) is 0 Å². The summed E-state index contributed by atoms with van der Waals surface area (Å²) in [4.78, 5) is 48.7. The van der Waals surface area contributed by atoms with Crippen LogP contribution in [0.1, 0.15) is 81.2 Å². The summed E-state index contributed by atoms with van der Waals surface area (Å²) in [5, 5.41) is 0. The number of carbonyl (C=O) groups excluding carboxylic acids is 4. The van der Waals surface area contributed by atoms with Crippen LogP contribution in [0.5, 0.6) is 23.0 Å². The number of cyclic esters (lactones) is 2. The standard InChI is InChI=1S/C44H28O7/c1-24-19-26(11-17-40(24)49-28-13-15-32-34(21-28)39(46)23-38(32)45)44(36-9-5-3-7-30(36)31-8-4-6-10-37(31)44)27-12-18-41(25(2)20-27)50-29-14-16-33-35(22-29)43(48)51-42(33)47/h3-22H,23H2,1-2H3. The molecule has 1 heterocycles. The molecule has 0 saturated carbocycles. The van der Waals surface area contributed by atoms with E-state index in [2.05, 4.69) is 72.8 Å². The lowest BCUT2D eigenvalue weighted by atomic mass is 9.67. The first kappa shape index (κ1) is 30.5. The van der Waals surface area contributed by atoms with E-state index >= 15 is 0 Å². The second-order valence-electron chi connectivity index (χ2n) is 13.1. The first-order valence-corrected chi connectivity index (χ1v) is 16.6. The first-order chi connectivity index (χ1) is 24.7. The van der Waals surface area contributed by atoms with Crippen molar-refractivity contribution < 1.29 is 33.4 Å². The van der Waals surface area contributed by atoms with Gasteiger partial charge in [0.2, 0.25) is 0 Å². The molecular formula is C44H28O7. The number of Topliss-reactive ketones (excluding diaryl/α,β-unsaturated/α-hetero) is 2. The van der Waals surface area contributed by atoms with Crippen LogP contribution in [0.3, 0.4) is 0 Å². The molecule has 0 unspecified atom stereocenters. The van der Waals surface area contributed by atoms with Crippen LogP contribution in [-0.2, 0) is 10.2 Å². The summed E-state index contributed by atoms with van der Waals surface area (Å²) < 4.78 is 17.3. The van der Waals surface area contributed by atoms with Crippen molar-refractivity contribution >= 4 is 23.5 Å². The average molecular weight is 669 g/mol. The summed E-state index contributed by atoms with van der Waals surface area (Å²) in [7, 11) is 0. The van der Waals surface area contributed by atoms with Crippen molar-refractivity contribution in [3.63, 3.8) is 0 Å². The molecule has 6 aromatic carbocycles. The number of hydrogen-bond donors (Lipinski definition) is 0. The SMILES string of the molecule is Cc1cc(C2(c3ccc(Oc4ccc5c(c4)C(=O)OC5=O)c(C)c3)c3ccccc3-c3ccccc32)ccc1Oc1ccc2c(c1)C(=O)CC2=O. The van der Waals surface area contributed by atoms with Gasteiger partial charge in [0.05, 0.1) is 23.0 Å². The molecule has 0 aromatic heterocycles.